The van der Waals surface area contributed by atoms with Crippen LogP contribution in [0.1, 0.15) is 38.6 Å². The van der Waals surface area contributed by atoms with Crippen LogP contribution >= 0.6 is 15.9 Å². The Kier molecular flexibility index (Phi) is 3.79. The second kappa shape index (κ2) is 5.14. The van der Waals surface area contributed by atoms with Gasteiger partial charge in [0.25, 0.3) is 0 Å². The zero-order valence-electron chi connectivity index (χ0n) is 10.0. The van der Waals surface area contributed by atoms with Crippen molar-refractivity contribution in [1.82, 2.24) is 14.5 Å². The van der Waals surface area contributed by atoms with Gasteiger partial charge in [-0.25, -0.2) is 9.97 Å². The summed E-state index contributed by atoms with van der Waals surface area (Å²) in [5, 5.41) is 9.39. The molecule has 0 spiro atoms. The number of hydrogen-bond donors (Lipinski definition) is 1. The van der Waals surface area contributed by atoms with E-state index in [4.69, 9.17) is 0 Å². The minimum absolute atomic E-state index is 0.0413. The maximum atomic E-state index is 9.39. The number of aliphatic hydroxyl groups excluding tert-OH is 1. The van der Waals surface area contributed by atoms with E-state index in [1.165, 1.54) is 0 Å². The monoisotopic (exact) mass is 297 g/mol. The average Bonchev–Trinajstić information content (AvgIpc) is 2.66. The van der Waals surface area contributed by atoms with Crippen molar-refractivity contribution in [2.75, 3.05) is 0 Å². The predicted molar refractivity (Wildman–Crippen MR) is 70.8 cm³/mol. The van der Waals surface area contributed by atoms with E-state index < -0.39 is 0 Å². The molecular weight excluding hydrogens is 282 g/mol. The number of fused-ring (bicyclic) bond motifs is 1. The van der Waals surface area contributed by atoms with Crippen LogP contribution in [0.25, 0.3) is 11.0 Å². The van der Waals surface area contributed by atoms with Crippen molar-refractivity contribution in [3.05, 3.63) is 22.7 Å². The molecule has 0 saturated carbocycles. The summed E-state index contributed by atoms with van der Waals surface area (Å²) >= 11 is 3.37. The topological polar surface area (TPSA) is 50.9 Å². The van der Waals surface area contributed by atoms with Crippen LogP contribution in [0.2, 0.25) is 0 Å². The van der Waals surface area contributed by atoms with E-state index in [0.29, 0.717) is 11.9 Å². The van der Waals surface area contributed by atoms with Crippen LogP contribution in [-0.4, -0.2) is 19.6 Å². The second-order valence-corrected chi connectivity index (χ2v) is 5.00. The Morgan fingerprint density at radius 1 is 1.53 bits per heavy atom. The summed E-state index contributed by atoms with van der Waals surface area (Å²) in [6.45, 7) is 4.27. The molecule has 5 heteroatoms. The fourth-order valence-electron chi connectivity index (χ4n) is 2.17. The van der Waals surface area contributed by atoms with Crippen LogP contribution in [0.5, 0.6) is 0 Å². The van der Waals surface area contributed by atoms with Crippen molar-refractivity contribution >= 4 is 27.0 Å². The van der Waals surface area contributed by atoms with Crippen LogP contribution in [0.4, 0.5) is 0 Å². The average molecular weight is 298 g/mol. The largest absolute Gasteiger partial charge is 0.388 e. The lowest BCUT2D eigenvalue weighted by atomic mass is 10.2. The van der Waals surface area contributed by atoms with E-state index >= 15 is 0 Å². The van der Waals surface area contributed by atoms with E-state index in [1.807, 2.05) is 6.07 Å². The minimum atomic E-state index is -0.0413. The summed E-state index contributed by atoms with van der Waals surface area (Å²) in [5.74, 6) is 0.709. The Bertz CT molecular complexity index is 524. The zero-order chi connectivity index (χ0) is 12.4. The fourth-order valence-corrected chi connectivity index (χ4v) is 2.49. The molecule has 17 heavy (non-hydrogen) atoms. The third kappa shape index (κ3) is 2.35. The maximum absolute atomic E-state index is 9.39. The molecule has 1 N–H and O–H groups in total. The Labute approximate surface area is 109 Å². The highest BCUT2D eigenvalue weighted by Gasteiger charge is 2.15. The summed E-state index contributed by atoms with van der Waals surface area (Å²) in [5.41, 5.74) is 1.86. The van der Waals surface area contributed by atoms with Gasteiger partial charge in [0.2, 0.25) is 0 Å². The number of nitrogens with zero attached hydrogens (tertiary/aromatic N) is 3. The standard InChI is InChI=1S/C12H16BrN3O/c1-3-4-8(2)16-10-5-11(13)14-6-9(10)15-12(16)7-17/h5-6,8,17H,3-4,7H2,1-2H3. The number of imidazole rings is 1. The van der Waals surface area contributed by atoms with Crippen molar-refractivity contribution in [3.8, 4) is 0 Å². The summed E-state index contributed by atoms with van der Waals surface area (Å²) < 4.78 is 2.89. The Morgan fingerprint density at radius 3 is 2.94 bits per heavy atom. The molecule has 0 amide bonds. The van der Waals surface area contributed by atoms with Crippen molar-refractivity contribution in [1.29, 1.82) is 0 Å². The highest BCUT2D eigenvalue weighted by Crippen LogP contribution is 2.25. The van der Waals surface area contributed by atoms with E-state index in [-0.39, 0.29) is 6.61 Å². The lowest BCUT2D eigenvalue weighted by molar-refractivity contribution is 0.261. The van der Waals surface area contributed by atoms with E-state index in [0.717, 1.165) is 28.5 Å². The predicted octanol–water partition coefficient (Wildman–Crippen LogP) is 3.05. The smallest absolute Gasteiger partial charge is 0.136 e. The van der Waals surface area contributed by atoms with Crippen molar-refractivity contribution in [3.63, 3.8) is 0 Å². The van der Waals surface area contributed by atoms with Gasteiger partial charge in [0, 0.05) is 6.04 Å². The summed E-state index contributed by atoms with van der Waals surface area (Å²) in [6.07, 6.45) is 3.91. The van der Waals surface area contributed by atoms with Gasteiger partial charge in [0.05, 0.1) is 11.7 Å². The van der Waals surface area contributed by atoms with Crippen LogP contribution in [0.3, 0.4) is 0 Å². The fraction of sp³-hybridized carbons (Fsp3) is 0.500. The third-order valence-corrected chi connectivity index (χ3v) is 3.34. The first kappa shape index (κ1) is 12.5. The van der Waals surface area contributed by atoms with Gasteiger partial charge in [0.15, 0.2) is 0 Å². The molecule has 1 unspecified atom stereocenters. The van der Waals surface area contributed by atoms with E-state index in [1.54, 1.807) is 6.20 Å². The molecule has 0 fully saturated rings. The molecule has 0 radical (unpaired) electrons. The number of aromatic nitrogens is 3. The van der Waals surface area contributed by atoms with Gasteiger partial charge in [-0.1, -0.05) is 13.3 Å². The Morgan fingerprint density at radius 2 is 2.29 bits per heavy atom. The molecule has 0 aliphatic rings. The number of halogens is 1. The van der Waals surface area contributed by atoms with E-state index in [2.05, 4.69) is 44.3 Å². The Balaban J connectivity index is 2.60. The molecular formula is C12H16BrN3O. The van der Waals surface area contributed by atoms with Crippen molar-refractivity contribution < 1.29 is 5.11 Å². The normalized spacial score (nSPS) is 13.2. The zero-order valence-corrected chi connectivity index (χ0v) is 11.6. The molecule has 0 aromatic carbocycles. The number of hydrogen-bond acceptors (Lipinski definition) is 3. The van der Waals surface area contributed by atoms with Crippen LogP contribution in [0, 0.1) is 0 Å². The third-order valence-electron chi connectivity index (χ3n) is 2.90. The van der Waals surface area contributed by atoms with Gasteiger partial charge < -0.3 is 9.67 Å². The van der Waals surface area contributed by atoms with Gasteiger partial charge >= 0.3 is 0 Å². The minimum Gasteiger partial charge on any atom is -0.388 e. The van der Waals surface area contributed by atoms with Gasteiger partial charge in [-0.05, 0) is 35.3 Å². The molecule has 1 atom stereocenters. The molecule has 92 valence electrons. The molecule has 0 aliphatic heterocycles. The molecule has 0 saturated heterocycles. The number of aliphatic hydroxyl groups is 1. The summed E-state index contributed by atoms with van der Waals surface area (Å²) in [6, 6.07) is 2.29. The van der Waals surface area contributed by atoms with Gasteiger partial charge in [-0.3, -0.25) is 0 Å². The van der Waals surface area contributed by atoms with Crippen LogP contribution < -0.4 is 0 Å². The van der Waals surface area contributed by atoms with Crippen LogP contribution in [0.15, 0.2) is 16.9 Å². The van der Waals surface area contributed by atoms with Crippen molar-refractivity contribution in [2.24, 2.45) is 0 Å². The van der Waals surface area contributed by atoms with Gasteiger partial charge in [0.1, 0.15) is 22.6 Å². The molecule has 0 bridgehead atoms. The molecule has 2 aromatic heterocycles. The molecule has 4 nitrogen and oxygen atoms in total. The molecule has 2 aromatic rings. The first-order valence-electron chi connectivity index (χ1n) is 5.80. The highest BCUT2D eigenvalue weighted by atomic mass is 79.9. The molecule has 2 rings (SSSR count). The maximum Gasteiger partial charge on any atom is 0.136 e. The number of pyridine rings is 1. The first-order valence-corrected chi connectivity index (χ1v) is 6.59. The second-order valence-electron chi connectivity index (χ2n) is 4.19. The lowest BCUT2D eigenvalue weighted by Gasteiger charge is -2.16. The Hall–Kier alpha value is -0.940. The van der Waals surface area contributed by atoms with Gasteiger partial charge in [-0.2, -0.15) is 0 Å². The molecule has 2 heterocycles. The quantitative estimate of drug-likeness (QED) is 0.883. The first-order chi connectivity index (χ1) is 8.17. The van der Waals surface area contributed by atoms with Crippen LogP contribution in [-0.2, 0) is 6.61 Å². The highest BCUT2D eigenvalue weighted by molar-refractivity contribution is 9.10. The summed E-state index contributed by atoms with van der Waals surface area (Å²) in [7, 11) is 0. The SMILES string of the molecule is CCCC(C)n1c(CO)nc2cnc(Br)cc21. The van der Waals surface area contributed by atoms with E-state index in [9.17, 15) is 5.11 Å². The lowest BCUT2D eigenvalue weighted by Crippen LogP contribution is -2.09. The summed E-state index contributed by atoms with van der Waals surface area (Å²) in [4.78, 5) is 8.57. The van der Waals surface area contributed by atoms with Crippen molar-refractivity contribution in [2.45, 2.75) is 39.3 Å². The number of rotatable bonds is 4. The van der Waals surface area contributed by atoms with Gasteiger partial charge in [-0.15, -0.1) is 0 Å². The molecule has 0 aliphatic carbocycles.